The second kappa shape index (κ2) is 4.93. The molecule has 1 heterocycles. The molecule has 0 aromatic carbocycles. The van der Waals surface area contributed by atoms with Gasteiger partial charge in [-0.15, -0.1) is 0 Å². The highest BCUT2D eigenvalue weighted by atomic mass is 15.6. The maximum absolute atomic E-state index is 2.61. The number of hydrogen-bond acceptors (Lipinski definition) is 2. The molecule has 0 spiro atoms. The zero-order chi connectivity index (χ0) is 11.8. The Morgan fingerprint density at radius 1 is 0.824 bits per heavy atom. The second-order valence-electron chi connectivity index (χ2n) is 6.55. The van der Waals surface area contributed by atoms with E-state index in [0.717, 1.165) is 24.5 Å². The fraction of sp³-hybridized carbons (Fsp3) is 1.00. The number of fused-ring (bicyclic) bond motifs is 1. The van der Waals surface area contributed by atoms with Crippen LogP contribution in [0.3, 0.4) is 0 Å². The number of hydrazine groups is 1. The average Bonchev–Trinajstić information content (AvgIpc) is 2.64. The molecule has 0 aromatic rings. The molecule has 3 heteroatoms. The van der Waals surface area contributed by atoms with Crippen LogP contribution in [0.1, 0.15) is 57.8 Å². The Morgan fingerprint density at radius 3 is 2.24 bits per heavy atom. The van der Waals surface area contributed by atoms with Crippen molar-refractivity contribution < 1.29 is 0 Å². The molecule has 0 radical (unpaired) electrons. The summed E-state index contributed by atoms with van der Waals surface area (Å²) in [6.45, 7) is 0.866. The highest BCUT2D eigenvalue weighted by Gasteiger charge is 2.50. The number of hydrogen-bond donors (Lipinski definition) is 0. The number of nitrogens with zero attached hydrogens (tertiary/aromatic N) is 2. The van der Waals surface area contributed by atoms with Crippen LogP contribution in [0.2, 0.25) is 11.6 Å². The maximum atomic E-state index is 2.61. The molecule has 2 saturated carbocycles. The lowest BCUT2D eigenvalue weighted by atomic mass is 9.38. The molecule has 0 aromatic heterocycles. The van der Waals surface area contributed by atoms with Crippen LogP contribution in [-0.4, -0.2) is 36.9 Å². The molecule has 0 N–H and O–H groups in total. The highest BCUT2D eigenvalue weighted by Crippen LogP contribution is 2.48. The van der Waals surface area contributed by atoms with Crippen LogP contribution in [-0.2, 0) is 0 Å². The van der Waals surface area contributed by atoms with E-state index in [9.17, 15) is 0 Å². The molecule has 2 aliphatic carbocycles. The minimum atomic E-state index is 0.862. The van der Waals surface area contributed by atoms with Crippen LogP contribution in [0, 0.1) is 0 Å². The molecule has 17 heavy (non-hydrogen) atoms. The summed E-state index contributed by atoms with van der Waals surface area (Å²) < 4.78 is 0. The third-order valence-electron chi connectivity index (χ3n) is 5.76. The monoisotopic (exact) mass is 234 g/mol. The average molecular weight is 234 g/mol. The Morgan fingerprint density at radius 2 is 1.47 bits per heavy atom. The van der Waals surface area contributed by atoms with Gasteiger partial charge in [-0.3, -0.25) is 9.93 Å². The van der Waals surface area contributed by atoms with Crippen LogP contribution in [0.15, 0.2) is 0 Å². The van der Waals surface area contributed by atoms with Crippen molar-refractivity contribution in [3.8, 4) is 0 Å². The van der Waals surface area contributed by atoms with Crippen molar-refractivity contribution in [2.24, 2.45) is 0 Å². The molecule has 2 nitrogen and oxygen atoms in total. The Labute approximate surface area is 107 Å². The van der Waals surface area contributed by atoms with Gasteiger partial charge in [0.05, 0.1) is 0 Å². The minimum Gasteiger partial charge on any atom is -0.283 e. The lowest BCUT2D eigenvalue weighted by Crippen LogP contribution is -2.43. The maximum Gasteiger partial charge on any atom is 0.248 e. The molecule has 3 fully saturated rings. The smallest absolute Gasteiger partial charge is 0.248 e. The minimum absolute atomic E-state index is 0.862. The van der Waals surface area contributed by atoms with Crippen molar-refractivity contribution in [1.29, 1.82) is 0 Å². The number of rotatable bonds is 1. The van der Waals surface area contributed by atoms with Gasteiger partial charge in [0.25, 0.3) is 0 Å². The molecular weight excluding hydrogens is 207 g/mol. The van der Waals surface area contributed by atoms with E-state index < -0.39 is 0 Å². The standard InChI is InChI=1S/C14H27BN2/c1-16-14-11-7-6-10-13(14)15(17(16)2)12-8-4-3-5-9-12/h12-14H,3-11H2,1-2H3. The summed E-state index contributed by atoms with van der Waals surface area (Å²) in [4.78, 5) is 2.61. The van der Waals surface area contributed by atoms with Gasteiger partial charge in [-0.2, -0.15) is 0 Å². The highest BCUT2D eigenvalue weighted by molar-refractivity contribution is 6.60. The van der Waals surface area contributed by atoms with E-state index in [1.165, 1.54) is 57.8 Å². The van der Waals surface area contributed by atoms with Gasteiger partial charge >= 0.3 is 0 Å². The third kappa shape index (κ3) is 2.06. The first-order valence-electron chi connectivity index (χ1n) is 7.74. The molecular formula is C14H27BN2. The zero-order valence-electron chi connectivity index (χ0n) is 11.6. The van der Waals surface area contributed by atoms with E-state index in [2.05, 4.69) is 24.0 Å². The van der Waals surface area contributed by atoms with Gasteiger partial charge in [0.2, 0.25) is 6.85 Å². The van der Waals surface area contributed by atoms with Crippen molar-refractivity contribution >= 4 is 6.85 Å². The van der Waals surface area contributed by atoms with Gasteiger partial charge in [-0.1, -0.05) is 51.4 Å². The Bertz CT molecular complexity index is 265. The summed E-state index contributed by atoms with van der Waals surface area (Å²) in [6.07, 6.45) is 13.3. The molecule has 1 saturated heterocycles. The van der Waals surface area contributed by atoms with Crippen molar-refractivity contribution in [3.05, 3.63) is 0 Å². The topological polar surface area (TPSA) is 6.48 Å². The molecule has 0 bridgehead atoms. The van der Waals surface area contributed by atoms with Gasteiger partial charge in [-0.05, 0) is 25.1 Å². The van der Waals surface area contributed by atoms with Crippen LogP contribution < -0.4 is 0 Å². The molecule has 0 amide bonds. The first-order chi connectivity index (χ1) is 8.29. The van der Waals surface area contributed by atoms with Crippen LogP contribution >= 0.6 is 0 Å². The van der Waals surface area contributed by atoms with E-state index in [1.807, 2.05) is 0 Å². The summed E-state index contributed by atoms with van der Waals surface area (Å²) in [5.41, 5.74) is 0. The lowest BCUT2D eigenvalue weighted by molar-refractivity contribution is 0.0769. The summed E-state index contributed by atoms with van der Waals surface area (Å²) in [5, 5.41) is 2.57. The molecule has 3 rings (SSSR count). The van der Waals surface area contributed by atoms with Crippen LogP contribution in [0.5, 0.6) is 0 Å². The predicted molar refractivity (Wildman–Crippen MR) is 74.1 cm³/mol. The van der Waals surface area contributed by atoms with Crippen molar-refractivity contribution in [3.63, 3.8) is 0 Å². The quantitative estimate of drug-likeness (QED) is 0.641. The van der Waals surface area contributed by atoms with Crippen LogP contribution in [0.4, 0.5) is 0 Å². The molecule has 2 atom stereocenters. The van der Waals surface area contributed by atoms with Gasteiger partial charge in [0.15, 0.2) is 0 Å². The Kier molecular flexibility index (Phi) is 3.49. The van der Waals surface area contributed by atoms with E-state index in [0.29, 0.717) is 0 Å². The largest absolute Gasteiger partial charge is 0.283 e. The van der Waals surface area contributed by atoms with E-state index in [-0.39, 0.29) is 0 Å². The van der Waals surface area contributed by atoms with Crippen LogP contribution in [0.25, 0.3) is 0 Å². The molecule has 3 aliphatic rings. The Hall–Kier alpha value is -0.0151. The summed E-state index contributed by atoms with van der Waals surface area (Å²) in [7, 11) is 4.67. The first kappa shape index (κ1) is 12.0. The lowest BCUT2D eigenvalue weighted by Gasteiger charge is -2.33. The zero-order valence-corrected chi connectivity index (χ0v) is 11.6. The fourth-order valence-corrected chi connectivity index (χ4v) is 4.85. The summed E-state index contributed by atoms with van der Waals surface area (Å²) >= 11 is 0. The fourth-order valence-electron chi connectivity index (χ4n) is 4.85. The van der Waals surface area contributed by atoms with E-state index >= 15 is 0 Å². The van der Waals surface area contributed by atoms with Crippen molar-refractivity contribution in [1.82, 2.24) is 9.93 Å². The summed E-state index contributed by atoms with van der Waals surface area (Å²) in [5.74, 6) is 1.96. The van der Waals surface area contributed by atoms with Crippen molar-refractivity contribution in [2.45, 2.75) is 75.5 Å². The van der Waals surface area contributed by atoms with Gasteiger partial charge in [0.1, 0.15) is 0 Å². The molecule has 1 aliphatic heterocycles. The third-order valence-corrected chi connectivity index (χ3v) is 5.76. The predicted octanol–water partition coefficient (Wildman–Crippen LogP) is 3.42. The molecule has 2 unspecified atom stereocenters. The van der Waals surface area contributed by atoms with E-state index in [1.54, 1.807) is 0 Å². The van der Waals surface area contributed by atoms with Gasteiger partial charge in [0, 0.05) is 13.1 Å². The second-order valence-corrected chi connectivity index (χ2v) is 6.55. The van der Waals surface area contributed by atoms with E-state index in [4.69, 9.17) is 0 Å². The first-order valence-corrected chi connectivity index (χ1v) is 7.74. The normalized spacial score (nSPS) is 37.4. The molecule has 96 valence electrons. The Balaban J connectivity index is 1.77. The van der Waals surface area contributed by atoms with Crippen molar-refractivity contribution in [2.75, 3.05) is 14.1 Å². The van der Waals surface area contributed by atoms with Gasteiger partial charge in [-0.25, -0.2) is 0 Å². The van der Waals surface area contributed by atoms with Gasteiger partial charge < -0.3 is 0 Å². The SMILES string of the molecule is CN1B(C2CCCCC2)C2CCCCC2N1C. The summed E-state index contributed by atoms with van der Waals surface area (Å²) in [6, 6.07) is 0.862.